The first-order valence-corrected chi connectivity index (χ1v) is 11.0. The number of carbonyl (C=O) groups is 2. The number of nitrogens with one attached hydrogen (secondary N) is 1. The zero-order chi connectivity index (χ0) is 23.6. The molecule has 1 heterocycles. The Kier molecular flexibility index (Phi) is 7.80. The number of aryl methyl sites for hydroxylation is 1. The van der Waals surface area contributed by atoms with Gasteiger partial charge in [-0.05, 0) is 67.7 Å². The van der Waals surface area contributed by atoms with Crippen molar-refractivity contribution in [2.24, 2.45) is 0 Å². The van der Waals surface area contributed by atoms with Crippen LogP contribution in [0.3, 0.4) is 0 Å². The Labute approximate surface area is 191 Å². The van der Waals surface area contributed by atoms with Gasteiger partial charge in [0.2, 0.25) is 0 Å². The van der Waals surface area contributed by atoms with E-state index in [0.717, 1.165) is 20.3 Å². The molecule has 2 N–H and O–H groups in total. The first kappa shape index (κ1) is 25.2. The summed E-state index contributed by atoms with van der Waals surface area (Å²) in [6, 6.07) is 5.87. The summed E-state index contributed by atoms with van der Waals surface area (Å²) in [5.41, 5.74) is -1.62. The third-order valence-corrected chi connectivity index (χ3v) is 6.78. The normalized spacial score (nSPS) is 13.0. The molecular formula is C21H24BrF3N2O3S. The standard InChI is InChI=1S/C21H24BrF3N2O3S/c1-12-16(22)10-17(31-12)18(28)26-14(11-27(19(29)30)20(2,3)4)9-13-7-5-6-8-15(13)21(23,24)25/h5-8,10,14H,9,11H2,1-4H3,(H,26,28)(H,29,30)/t14-/m1/s1. The monoisotopic (exact) mass is 520 g/mol. The summed E-state index contributed by atoms with van der Waals surface area (Å²) in [5.74, 6) is -0.465. The van der Waals surface area contributed by atoms with Gasteiger partial charge in [-0.2, -0.15) is 13.2 Å². The van der Waals surface area contributed by atoms with Crippen molar-refractivity contribution in [1.82, 2.24) is 10.2 Å². The van der Waals surface area contributed by atoms with Crippen molar-refractivity contribution < 1.29 is 27.9 Å². The number of benzene rings is 1. The second kappa shape index (κ2) is 9.60. The highest BCUT2D eigenvalue weighted by Gasteiger charge is 2.35. The number of hydrogen-bond acceptors (Lipinski definition) is 3. The van der Waals surface area contributed by atoms with E-state index in [2.05, 4.69) is 21.2 Å². The molecule has 2 aromatic rings. The number of alkyl halides is 3. The molecule has 1 atom stereocenters. The van der Waals surface area contributed by atoms with Crippen molar-refractivity contribution in [1.29, 1.82) is 0 Å². The van der Waals surface area contributed by atoms with Crippen LogP contribution in [0.5, 0.6) is 0 Å². The molecule has 0 aliphatic carbocycles. The molecule has 0 bridgehead atoms. The van der Waals surface area contributed by atoms with E-state index in [1.165, 1.54) is 29.5 Å². The van der Waals surface area contributed by atoms with E-state index < -0.39 is 35.3 Å². The molecule has 5 nitrogen and oxygen atoms in total. The summed E-state index contributed by atoms with van der Waals surface area (Å²) >= 11 is 4.58. The van der Waals surface area contributed by atoms with E-state index in [4.69, 9.17) is 0 Å². The van der Waals surface area contributed by atoms with Crippen molar-refractivity contribution >= 4 is 39.3 Å². The smallest absolute Gasteiger partial charge is 0.416 e. The van der Waals surface area contributed by atoms with Gasteiger partial charge in [0, 0.05) is 21.4 Å². The average Bonchev–Trinajstić information content (AvgIpc) is 2.96. The lowest BCUT2D eigenvalue weighted by molar-refractivity contribution is -0.138. The van der Waals surface area contributed by atoms with E-state index in [-0.39, 0.29) is 18.5 Å². The van der Waals surface area contributed by atoms with Crippen LogP contribution in [-0.2, 0) is 12.6 Å². The van der Waals surface area contributed by atoms with Gasteiger partial charge in [0.15, 0.2) is 0 Å². The second-order valence-corrected chi connectivity index (χ2v) is 10.2. The van der Waals surface area contributed by atoms with Crippen LogP contribution in [0, 0.1) is 6.92 Å². The Morgan fingerprint density at radius 3 is 2.32 bits per heavy atom. The van der Waals surface area contributed by atoms with Gasteiger partial charge in [0.05, 0.1) is 16.5 Å². The Morgan fingerprint density at radius 1 is 1.23 bits per heavy atom. The average molecular weight is 521 g/mol. The van der Waals surface area contributed by atoms with Crippen LogP contribution in [0.2, 0.25) is 0 Å². The largest absolute Gasteiger partial charge is 0.465 e. The molecule has 2 amide bonds. The summed E-state index contributed by atoms with van der Waals surface area (Å²) in [4.78, 5) is 27.0. The first-order chi connectivity index (χ1) is 14.2. The molecule has 2 rings (SSSR count). The van der Waals surface area contributed by atoms with E-state index in [1.807, 2.05) is 6.92 Å². The van der Waals surface area contributed by atoms with Crippen LogP contribution in [0.25, 0.3) is 0 Å². The van der Waals surface area contributed by atoms with E-state index in [1.54, 1.807) is 26.8 Å². The lowest BCUT2D eigenvalue weighted by Crippen LogP contribution is -2.53. The van der Waals surface area contributed by atoms with Gasteiger partial charge >= 0.3 is 12.3 Å². The molecule has 31 heavy (non-hydrogen) atoms. The van der Waals surface area contributed by atoms with E-state index in [0.29, 0.717) is 4.88 Å². The van der Waals surface area contributed by atoms with Gasteiger partial charge in [0.25, 0.3) is 5.91 Å². The minimum Gasteiger partial charge on any atom is -0.465 e. The number of carboxylic acid groups (broad SMARTS) is 1. The Hall–Kier alpha value is -2.07. The highest BCUT2D eigenvalue weighted by Crippen LogP contribution is 2.33. The van der Waals surface area contributed by atoms with Crippen molar-refractivity contribution in [3.05, 3.63) is 55.7 Å². The fourth-order valence-electron chi connectivity index (χ4n) is 3.09. The maximum atomic E-state index is 13.5. The molecule has 0 saturated heterocycles. The summed E-state index contributed by atoms with van der Waals surface area (Å²) in [5, 5.41) is 12.4. The predicted molar refractivity (Wildman–Crippen MR) is 118 cm³/mol. The highest BCUT2D eigenvalue weighted by molar-refractivity contribution is 9.10. The summed E-state index contributed by atoms with van der Waals surface area (Å²) < 4.78 is 41.1. The topological polar surface area (TPSA) is 69.6 Å². The van der Waals surface area contributed by atoms with Crippen LogP contribution < -0.4 is 5.32 Å². The predicted octanol–water partition coefficient (Wildman–Crippen LogP) is 5.96. The van der Waals surface area contributed by atoms with Gasteiger partial charge < -0.3 is 15.3 Å². The number of rotatable bonds is 6. The maximum Gasteiger partial charge on any atom is 0.416 e. The van der Waals surface area contributed by atoms with Crippen LogP contribution in [0.15, 0.2) is 34.8 Å². The fraction of sp³-hybridized carbons (Fsp3) is 0.429. The van der Waals surface area contributed by atoms with Gasteiger partial charge in [-0.1, -0.05) is 18.2 Å². The minimum atomic E-state index is -4.56. The molecule has 170 valence electrons. The molecule has 0 fully saturated rings. The number of carbonyl (C=O) groups excluding carboxylic acids is 1. The van der Waals surface area contributed by atoms with Crippen molar-refractivity contribution in [2.75, 3.05) is 6.54 Å². The fourth-order valence-corrected chi connectivity index (χ4v) is 4.53. The number of nitrogens with zero attached hydrogens (tertiary/aromatic N) is 1. The molecule has 0 unspecified atom stereocenters. The van der Waals surface area contributed by atoms with Crippen molar-refractivity contribution in [3.63, 3.8) is 0 Å². The van der Waals surface area contributed by atoms with Gasteiger partial charge in [-0.3, -0.25) is 4.79 Å². The first-order valence-electron chi connectivity index (χ1n) is 9.42. The number of thiophene rings is 1. The van der Waals surface area contributed by atoms with Crippen LogP contribution in [0.4, 0.5) is 18.0 Å². The van der Waals surface area contributed by atoms with Crippen LogP contribution in [-0.4, -0.2) is 40.1 Å². The van der Waals surface area contributed by atoms with Crippen LogP contribution >= 0.6 is 27.3 Å². The maximum absolute atomic E-state index is 13.5. The molecule has 10 heteroatoms. The summed E-state index contributed by atoms with van der Waals surface area (Å²) in [7, 11) is 0. The molecule has 0 aliphatic rings. The lowest BCUT2D eigenvalue weighted by Gasteiger charge is -2.36. The molecule has 0 saturated carbocycles. The summed E-state index contributed by atoms with van der Waals surface area (Å²) in [6.45, 7) is 6.72. The van der Waals surface area contributed by atoms with Crippen molar-refractivity contribution in [3.8, 4) is 0 Å². The zero-order valence-electron chi connectivity index (χ0n) is 17.5. The molecule has 1 aromatic carbocycles. The Morgan fingerprint density at radius 2 is 1.84 bits per heavy atom. The minimum absolute atomic E-state index is 0.0110. The van der Waals surface area contributed by atoms with E-state index in [9.17, 15) is 27.9 Å². The highest BCUT2D eigenvalue weighted by atomic mass is 79.9. The second-order valence-electron chi connectivity index (χ2n) is 8.11. The van der Waals surface area contributed by atoms with E-state index >= 15 is 0 Å². The van der Waals surface area contributed by atoms with Gasteiger partial charge in [-0.25, -0.2) is 4.79 Å². The zero-order valence-corrected chi connectivity index (χ0v) is 19.9. The number of amides is 2. The number of hydrogen-bond donors (Lipinski definition) is 2. The quantitative estimate of drug-likeness (QED) is 0.493. The Balaban J connectivity index is 2.38. The van der Waals surface area contributed by atoms with Crippen molar-refractivity contribution in [2.45, 2.75) is 51.9 Å². The third-order valence-electron chi connectivity index (χ3n) is 4.65. The molecule has 0 spiro atoms. The summed E-state index contributed by atoms with van der Waals surface area (Å²) in [6.07, 6.45) is -5.95. The third kappa shape index (κ3) is 6.70. The van der Waals surface area contributed by atoms with Gasteiger partial charge in [-0.15, -0.1) is 11.3 Å². The number of halogens is 4. The molecule has 0 aliphatic heterocycles. The molecular weight excluding hydrogens is 497 g/mol. The van der Waals surface area contributed by atoms with Gasteiger partial charge in [0.1, 0.15) is 0 Å². The molecule has 0 radical (unpaired) electrons. The van der Waals surface area contributed by atoms with Crippen LogP contribution in [0.1, 0.15) is 46.4 Å². The SMILES string of the molecule is Cc1sc(C(=O)N[C@H](Cc2ccccc2C(F)(F)F)CN(C(=O)O)C(C)(C)C)cc1Br. The lowest BCUT2D eigenvalue weighted by atomic mass is 9.97. The molecule has 1 aromatic heterocycles. The Bertz CT molecular complexity index is 935.